The van der Waals surface area contributed by atoms with Crippen LogP contribution in [0.25, 0.3) is 0 Å². The molecule has 4 rings (SSSR count). The highest BCUT2D eigenvalue weighted by atomic mass is 16.4. The largest absolute Gasteiger partial charge is 0.465 e. The minimum absolute atomic E-state index is 0.0432. The molecule has 2 heterocycles. The number of fused-ring (bicyclic) bond motifs is 2. The van der Waals surface area contributed by atoms with Crippen LogP contribution in [0.4, 0.5) is 10.5 Å². The molecule has 0 aliphatic carbocycles. The van der Waals surface area contributed by atoms with Crippen molar-refractivity contribution in [3.05, 3.63) is 65.2 Å². The maximum atomic E-state index is 11.7. The summed E-state index contributed by atoms with van der Waals surface area (Å²) in [5.41, 5.74) is 3.86. The molecule has 1 saturated heterocycles. The fraction of sp³-hybridized carbons (Fsp3) is 0.300. The number of hydrogen-bond acceptors (Lipinski definition) is 2. The summed E-state index contributed by atoms with van der Waals surface area (Å²) in [6.07, 6.45) is -0.162. The first-order valence-electron chi connectivity index (χ1n) is 8.42. The van der Waals surface area contributed by atoms with Gasteiger partial charge in [-0.25, -0.2) is 4.79 Å². The predicted octanol–water partition coefficient (Wildman–Crippen LogP) is 2.88. The van der Waals surface area contributed by atoms with E-state index in [-0.39, 0.29) is 11.3 Å². The Balaban J connectivity index is 1.66. The summed E-state index contributed by atoms with van der Waals surface area (Å²) in [7, 11) is 0. The lowest BCUT2D eigenvalue weighted by molar-refractivity contribution is -0.136. The smallest absolute Gasteiger partial charge is 0.411 e. The average molecular weight is 336 g/mol. The van der Waals surface area contributed by atoms with Crippen molar-refractivity contribution < 1.29 is 14.7 Å². The molecule has 2 aliphatic rings. The summed E-state index contributed by atoms with van der Waals surface area (Å²) in [5.74, 6) is 0.0432. The molecule has 2 amide bonds. The first-order valence-corrected chi connectivity index (χ1v) is 8.42. The zero-order valence-corrected chi connectivity index (χ0v) is 14.1. The van der Waals surface area contributed by atoms with Crippen molar-refractivity contribution in [2.75, 3.05) is 24.5 Å². The molecule has 0 bridgehead atoms. The average Bonchev–Trinajstić information content (AvgIpc) is 2.89. The number of anilines is 1. The summed E-state index contributed by atoms with van der Waals surface area (Å²) >= 11 is 0. The minimum atomic E-state index is -0.934. The fourth-order valence-corrected chi connectivity index (χ4v) is 4.01. The van der Waals surface area contributed by atoms with E-state index >= 15 is 0 Å². The van der Waals surface area contributed by atoms with E-state index in [0.29, 0.717) is 19.6 Å². The van der Waals surface area contributed by atoms with Gasteiger partial charge in [-0.3, -0.25) is 9.69 Å². The van der Waals surface area contributed by atoms with Gasteiger partial charge in [0.15, 0.2) is 0 Å². The second kappa shape index (κ2) is 5.62. The molecule has 0 aromatic heterocycles. The highest BCUT2D eigenvalue weighted by molar-refractivity contribution is 5.91. The summed E-state index contributed by atoms with van der Waals surface area (Å²) in [4.78, 5) is 26.5. The molecule has 2 aromatic carbocycles. The maximum Gasteiger partial charge on any atom is 0.411 e. The molecule has 1 spiro atoms. The lowest BCUT2D eigenvalue weighted by atomic mass is 9.75. The molecule has 0 atom stereocenters. The zero-order chi connectivity index (χ0) is 17.6. The number of carboxylic acid groups (broad SMARTS) is 1. The molecular formula is C20H20N2O3. The summed E-state index contributed by atoms with van der Waals surface area (Å²) < 4.78 is 0. The van der Waals surface area contributed by atoms with E-state index in [1.165, 1.54) is 10.5 Å². The lowest BCUT2D eigenvalue weighted by Gasteiger charge is -2.48. The Morgan fingerprint density at radius 2 is 1.76 bits per heavy atom. The van der Waals surface area contributed by atoms with Crippen molar-refractivity contribution in [3.63, 3.8) is 0 Å². The van der Waals surface area contributed by atoms with Crippen LogP contribution in [-0.4, -0.2) is 41.6 Å². The van der Waals surface area contributed by atoms with Gasteiger partial charge < -0.3 is 10.0 Å². The third kappa shape index (κ3) is 2.56. The van der Waals surface area contributed by atoms with Crippen LogP contribution in [0.2, 0.25) is 0 Å². The number of amides is 2. The third-order valence-corrected chi connectivity index (χ3v) is 5.30. The van der Waals surface area contributed by atoms with E-state index in [1.807, 2.05) is 30.3 Å². The molecule has 1 N–H and O–H groups in total. The fourth-order valence-electron chi connectivity index (χ4n) is 4.01. The van der Waals surface area contributed by atoms with Crippen molar-refractivity contribution in [1.82, 2.24) is 4.90 Å². The highest BCUT2D eigenvalue weighted by Crippen LogP contribution is 2.46. The number of carbonyl (C=O) groups excluding carboxylic acids is 1. The Morgan fingerprint density at radius 3 is 2.40 bits per heavy atom. The Labute approximate surface area is 146 Å². The van der Waals surface area contributed by atoms with E-state index in [4.69, 9.17) is 0 Å². The van der Waals surface area contributed by atoms with Crippen molar-refractivity contribution in [2.24, 2.45) is 0 Å². The van der Waals surface area contributed by atoms with E-state index in [9.17, 15) is 14.7 Å². The number of nitrogens with zero attached hydrogens (tertiary/aromatic N) is 2. The van der Waals surface area contributed by atoms with E-state index < -0.39 is 6.09 Å². The Kier molecular flexibility index (Phi) is 3.53. The van der Waals surface area contributed by atoms with Crippen LogP contribution in [-0.2, 0) is 16.6 Å². The van der Waals surface area contributed by atoms with E-state index in [0.717, 1.165) is 23.2 Å². The number of likely N-dealkylation sites (tertiary alicyclic amines) is 1. The van der Waals surface area contributed by atoms with E-state index in [1.54, 1.807) is 11.8 Å². The molecule has 0 saturated carbocycles. The number of rotatable bonds is 2. The quantitative estimate of drug-likeness (QED) is 0.917. The zero-order valence-electron chi connectivity index (χ0n) is 14.1. The van der Waals surface area contributed by atoms with Gasteiger partial charge in [0.2, 0.25) is 5.91 Å². The van der Waals surface area contributed by atoms with Gasteiger partial charge in [-0.1, -0.05) is 42.5 Å². The van der Waals surface area contributed by atoms with Crippen LogP contribution in [0.5, 0.6) is 0 Å². The molecule has 0 unspecified atom stereocenters. The first-order chi connectivity index (χ1) is 12.0. The van der Waals surface area contributed by atoms with Crippen molar-refractivity contribution >= 4 is 17.7 Å². The van der Waals surface area contributed by atoms with Crippen LogP contribution in [0, 0.1) is 0 Å². The van der Waals surface area contributed by atoms with Gasteiger partial charge in [0.1, 0.15) is 0 Å². The number of hydrogen-bond donors (Lipinski definition) is 1. The van der Waals surface area contributed by atoms with Crippen LogP contribution in [0.15, 0.2) is 48.5 Å². The van der Waals surface area contributed by atoms with Gasteiger partial charge in [-0.2, -0.15) is 0 Å². The van der Waals surface area contributed by atoms with Gasteiger partial charge in [0.05, 0.1) is 11.1 Å². The molecule has 2 aromatic rings. The van der Waals surface area contributed by atoms with Crippen molar-refractivity contribution in [2.45, 2.75) is 18.8 Å². The predicted molar refractivity (Wildman–Crippen MR) is 95.0 cm³/mol. The number of benzene rings is 2. The van der Waals surface area contributed by atoms with Crippen LogP contribution in [0.3, 0.4) is 0 Å². The molecule has 1 fully saturated rings. The molecular weight excluding hydrogens is 316 g/mol. The van der Waals surface area contributed by atoms with Gasteiger partial charge in [-0.05, 0) is 29.2 Å². The van der Waals surface area contributed by atoms with Gasteiger partial charge in [0, 0.05) is 26.6 Å². The Morgan fingerprint density at radius 1 is 1.04 bits per heavy atom. The van der Waals surface area contributed by atoms with Crippen LogP contribution >= 0.6 is 0 Å². The SMILES string of the molecule is CC(=O)N1CC2(C1)CN(C(=O)O)c1cc(Cc3ccccc3)ccc12. The molecule has 2 aliphatic heterocycles. The van der Waals surface area contributed by atoms with Gasteiger partial charge in [-0.15, -0.1) is 0 Å². The first kappa shape index (κ1) is 15.7. The Hall–Kier alpha value is -2.82. The number of carbonyl (C=O) groups is 2. The molecule has 25 heavy (non-hydrogen) atoms. The molecule has 5 nitrogen and oxygen atoms in total. The second-order valence-electron chi connectivity index (χ2n) is 7.04. The normalized spacial score (nSPS) is 17.3. The summed E-state index contributed by atoms with van der Waals surface area (Å²) in [5, 5.41) is 9.61. The van der Waals surface area contributed by atoms with Crippen LogP contribution in [0.1, 0.15) is 23.6 Å². The highest BCUT2D eigenvalue weighted by Gasteiger charge is 2.53. The van der Waals surface area contributed by atoms with Gasteiger partial charge in [0.25, 0.3) is 0 Å². The molecule has 0 radical (unpaired) electrons. The molecule has 5 heteroatoms. The van der Waals surface area contributed by atoms with Gasteiger partial charge >= 0.3 is 6.09 Å². The standard InChI is InChI=1S/C20H20N2O3/c1-14(23)21-11-20(12-21)13-22(19(24)25)18-10-16(7-8-17(18)20)9-15-5-3-2-4-6-15/h2-8,10H,9,11-13H2,1H3,(H,24,25). The van der Waals surface area contributed by atoms with Crippen molar-refractivity contribution in [1.29, 1.82) is 0 Å². The van der Waals surface area contributed by atoms with Crippen molar-refractivity contribution in [3.8, 4) is 0 Å². The Bertz CT molecular complexity index is 841. The minimum Gasteiger partial charge on any atom is -0.465 e. The summed E-state index contributed by atoms with van der Waals surface area (Å²) in [6, 6.07) is 16.3. The summed E-state index contributed by atoms with van der Waals surface area (Å²) in [6.45, 7) is 3.17. The monoisotopic (exact) mass is 336 g/mol. The lowest BCUT2D eigenvalue weighted by Crippen LogP contribution is -2.62. The second-order valence-corrected chi connectivity index (χ2v) is 7.04. The third-order valence-electron chi connectivity index (χ3n) is 5.30. The van der Waals surface area contributed by atoms with E-state index in [2.05, 4.69) is 18.2 Å². The topological polar surface area (TPSA) is 60.9 Å². The van der Waals surface area contributed by atoms with Crippen LogP contribution < -0.4 is 4.90 Å². The maximum absolute atomic E-state index is 11.7. The molecule has 128 valence electrons.